The number of amides is 1. The van der Waals surface area contributed by atoms with Crippen molar-refractivity contribution in [1.29, 1.82) is 0 Å². The number of rotatable bonds is 3. The van der Waals surface area contributed by atoms with Crippen LogP contribution in [-0.2, 0) is 7.05 Å². The van der Waals surface area contributed by atoms with Crippen LogP contribution in [0.4, 0.5) is 5.69 Å². The minimum atomic E-state index is -0.120. The van der Waals surface area contributed by atoms with Crippen molar-refractivity contribution in [2.75, 3.05) is 31.1 Å². The van der Waals surface area contributed by atoms with Gasteiger partial charge in [0.05, 0.1) is 29.1 Å². The summed E-state index contributed by atoms with van der Waals surface area (Å²) in [6.45, 7) is 2.54. The van der Waals surface area contributed by atoms with Gasteiger partial charge in [0.2, 0.25) is 0 Å². The minimum Gasteiger partial charge on any atom is -0.368 e. The van der Waals surface area contributed by atoms with Crippen LogP contribution in [0.1, 0.15) is 10.5 Å². The Bertz CT molecular complexity index is 1300. The normalized spacial score (nSPS) is 14.2. The number of hydrogen-bond donors (Lipinski definition) is 0. The van der Waals surface area contributed by atoms with E-state index in [1.54, 1.807) is 11.9 Å². The zero-order valence-corrected chi connectivity index (χ0v) is 17.0. The molecule has 3 heterocycles. The van der Waals surface area contributed by atoms with Gasteiger partial charge in [0.25, 0.3) is 11.5 Å². The van der Waals surface area contributed by atoms with Crippen molar-refractivity contribution in [2.24, 2.45) is 7.05 Å². The number of anilines is 1. The van der Waals surface area contributed by atoms with Crippen LogP contribution < -0.4 is 10.5 Å². The minimum absolute atomic E-state index is 0.0597. The summed E-state index contributed by atoms with van der Waals surface area (Å²) in [7, 11) is 1.69. The molecule has 1 saturated heterocycles. The second-order valence-corrected chi connectivity index (χ2v) is 7.50. The van der Waals surface area contributed by atoms with Gasteiger partial charge in [-0.1, -0.05) is 18.2 Å². The van der Waals surface area contributed by atoms with E-state index in [1.165, 1.54) is 21.9 Å². The first-order chi connectivity index (χ1) is 15.1. The van der Waals surface area contributed by atoms with Crippen LogP contribution in [0.5, 0.6) is 0 Å². The number of para-hydroxylation sites is 1. The first-order valence-corrected chi connectivity index (χ1v) is 10.1. The predicted molar refractivity (Wildman–Crippen MR) is 116 cm³/mol. The summed E-state index contributed by atoms with van der Waals surface area (Å²) in [5.41, 5.74) is 2.76. The van der Waals surface area contributed by atoms with Crippen LogP contribution in [0.2, 0.25) is 0 Å². The van der Waals surface area contributed by atoms with Crippen LogP contribution in [0.25, 0.3) is 16.6 Å². The Balaban J connectivity index is 1.28. The molecule has 2 aromatic heterocycles. The van der Waals surface area contributed by atoms with Gasteiger partial charge in [0, 0.05) is 38.9 Å². The van der Waals surface area contributed by atoms with Gasteiger partial charge in [0.15, 0.2) is 5.69 Å². The monoisotopic (exact) mass is 415 g/mol. The number of carbonyl (C=O) groups excluding carboxylic acids is 1. The zero-order valence-electron chi connectivity index (χ0n) is 17.0. The number of hydrogen-bond acceptors (Lipinski definition) is 6. The number of nitrogens with zero attached hydrogens (tertiary/aromatic N) is 7. The molecule has 1 fully saturated rings. The van der Waals surface area contributed by atoms with Crippen molar-refractivity contribution in [1.82, 2.24) is 29.4 Å². The Kier molecular flexibility index (Phi) is 4.70. The molecule has 1 amide bonds. The van der Waals surface area contributed by atoms with Crippen molar-refractivity contribution < 1.29 is 4.79 Å². The first-order valence-electron chi connectivity index (χ1n) is 10.1. The summed E-state index contributed by atoms with van der Waals surface area (Å²) in [6, 6.07) is 15.2. The third kappa shape index (κ3) is 3.54. The second kappa shape index (κ2) is 7.67. The number of fused-ring (bicyclic) bond motifs is 1. The van der Waals surface area contributed by atoms with E-state index < -0.39 is 0 Å². The quantitative estimate of drug-likeness (QED) is 0.504. The van der Waals surface area contributed by atoms with E-state index in [1.807, 2.05) is 48.5 Å². The zero-order chi connectivity index (χ0) is 21.4. The number of aryl methyl sites for hydroxylation is 1. The highest BCUT2D eigenvalue weighted by Gasteiger charge is 2.24. The summed E-state index contributed by atoms with van der Waals surface area (Å²) >= 11 is 0. The molecule has 0 unspecified atom stereocenters. The second-order valence-electron chi connectivity index (χ2n) is 7.50. The van der Waals surface area contributed by atoms with E-state index in [4.69, 9.17) is 0 Å². The molecule has 31 heavy (non-hydrogen) atoms. The van der Waals surface area contributed by atoms with E-state index in [2.05, 4.69) is 20.1 Å². The first kappa shape index (κ1) is 19.0. The Morgan fingerprint density at radius 2 is 1.74 bits per heavy atom. The molecule has 0 spiro atoms. The molecule has 5 rings (SSSR count). The van der Waals surface area contributed by atoms with Gasteiger partial charge in [-0.3, -0.25) is 9.59 Å². The van der Waals surface area contributed by atoms with Crippen LogP contribution in [-0.4, -0.2) is 61.5 Å². The van der Waals surface area contributed by atoms with E-state index in [0.29, 0.717) is 42.8 Å². The maximum absolute atomic E-state index is 12.9. The Morgan fingerprint density at radius 3 is 2.52 bits per heavy atom. The molecule has 156 valence electrons. The van der Waals surface area contributed by atoms with Gasteiger partial charge >= 0.3 is 0 Å². The molecular weight excluding hydrogens is 394 g/mol. The fourth-order valence-electron chi connectivity index (χ4n) is 3.77. The third-order valence-electron chi connectivity index (χ3n) is 5.53. The van der Waals surface area contributed by atoms with E-state index in [-0.39, 0.29) is 11.5 Å². The van der Waals surface area contributed by atoms with Gasteiger partial charge < -0.3 is 14.4 Å². The van der Waals surface area contributed by atoms with Crippen LogP contribution >= 0.6 is 0 Å². The number of carbonyl (C=O) groups is 1. The van der Waals surface area contributed by atoms with Crippen LogP contribution in [0, 0.1) is 0 Å². The van der Waals surface area contributed by atoms with Crippen LogP contribution in [0.3, 0.4) is 0 Å². The molecule has 4 aromatic rings. The van der Waals surface area contributed by atoms with Crippen molar-refractivity contribution in [3.05, 3.63) is 77.1 Å². The smallest absolute Gasteiger partial charge is 0.276 e. The molecule has 0 bridgehead atoms. The highest BCUT2D eigenvalue weighted by atomic mass is 16.2. The largest absolute Gasteiger partial charge is 0.368 e. The van der Waals surface area contributed by atoms with Gasteiger partial charge in [-0.05, 0) is 30.3 Å². The molecule has 0 saturated carbocycles. The molecule has 0 radical (unpaired) electrons. The van der Waals surface area contributed by atoms with E-state index in [0.717, 1.165) is 11.4 Å². The van der Waals surface area contributed by atoms with E-state index in [9.17, 15) is 9.59 Å². The molecule has 0 aliphatic carbocycles. The SMILES string of the molecule is Cn1cnc2cc(N3CCN(C(=O)c4cnn(-c5ccccc5)n4)CC3)ccc2c1=O. The maximum Gasteiger partial charge on any atom is 0.276 e. The summed E-state index contributed by atoms with van der Waals surface area (Å²) in [5, 5.41) is 9.16. The maximum atomic E-state index is 12.9. The molecule has 1 aliphatic rings. The molecule has 2 aromatic carbocycles. The highest BCUT2D eigenvalue weighted by Crippen LogP contribution is 2.21. The lowest BCUT2D eigenvalue weighted by molar-refractivity contribution is 0.0740. The summed E-state index contributed by atoms with van der Waals surface area (Å²) in [6.07, 6.45) is 3.05. The van der Waals surface area contributed by atoms with Gasteiger partial charge in [0.1, 0.15) is 0 Å². The van der Waals surface area contributed by atoms with Crippen molar-refractivity contribution in [3.63, 3.8) is 0 Å². The summed E-state index contributed by atoms with van der Waals surface area (Å²) in [5.74, 6) is -0.120. The Hall–Kier alpha value is -4.01. The van der Waals surface area contributed by atoms with Gasteiger partial charge in [-0.15, -0.1) is 5.10 Å². The molecule has 0 atom stereocenters. The van der Waals surface area contributed by atoms with Crippen molar-refractivity contribution in [3.8, 4) is 5.69 Å². The Morgan fingerprint density at radius 1 is 0.968 bits per heavy atom. The van der Waals surface area contributed by atoms with Crippen molar-refractivity contribution in [2.45, 2.75) is 0 Å². The molecule has 0 N–H and O–H groups in total. The number of piperazine rings is 1. The van der Waals surface area contributed by atoms with Crippen LogP contribution in [0.15, 0.2) is 65.8 Å². The average molecular weight is 415 g/mol. The van der Waals surface area contributed by atoms with Gasteiger partial charge in [-0.25, -0.2) is 4.98 Å². The van der Waals surface area contributed by atoms with Gasteiger partial charge in [-0.2, -0.15) is 9.90 Å². The molecule has 1 aliphatic heterocycles. The highest BCUT2D eigenvalue weighted by molar-refractivity contribution is 5.92. The lowest BCUT2D eigenvalue weighted by atomic mass is 10.2. The average Bonchev–Trinajstić information content (AvgIpc) is 3.32. The standard InChI is InChI=1S/C22H21N7O2/c1-26-15-23-19-13-17(7-8-18(19)21(26)30)27-9-11-28(12-10-27)22(31)20-14-24-29(25-20)16-5-3-2-4-6-16/h2-8,13-15H,9-12H2,1H3. The summed E-state index contributed by atoms with van der Waals surface area (Å²) in [4.78, 5) is 34.9. The third-order valence-corrected chi connectivity index (χ3v) is 5.53. The predicted octanol–water partition coefficient (Wildman–Crippen LogP) is 1.48. The molecular formula is C22H21N7O2. The molecule has 9 nitrogen and oxygen atoms in total. The summed E-state index contributed by atoms with van der Waals surface area (Å²) < 4.78 is 1.47. The lowest BCUT2D eigenvalue weighted by Crippen LogP contribution is -2.49. The number of aromatic nitrogens is 5. The lowest BCUT2D eigenvalue weighted by Gasteiger charge is -2.35. The van der Waals surface area contributed by atoms with E-state index >= 15 is 0 Å². The fourth-order valence-corrected chi connectivity index (χ4v) is 3.77. The topological polar surface area (TPSA) is 89.2 Å². The van der Waals surface area contributed by atoms with Crippen molar-refractivity contribution >= 4 is 22.5 Å². The Labute approximate surface area is 178 Å². The number of benzene rings is 2. The fraction of sp³-hybridized carbons (Fsp3) is 0.227. The molecule has 9 heteroatoms.